The van der Waals surface area contributed by atoms with E-state index in [1.165, 1.54) is 11.3 Å². The number of rotatable bonds is 6. The van der Waals surface area contributed by atoms with Gasteiger partial charge in [-0.2, -0.15) is 0 Å². The number of halogens is 1. The van der Waals surface area contributed by atoms with Crippen LogP contribution in [0.1, 0.15) is 32.3 Å². The largest absolute Gasteiger partial charge is 0.393 e. The van der Waals surface area contributed by atoms with Gasteiger partial charge in [0.1, 0.15) is 0 Å². The van der Waals surface area contributed by atoms with Crippen LogP contribution in [0.15, 0.2) is 18.2 Å². The zero-order chi connectivity index (χ0) is 14.5. The van der Waals surface area contributed by atoms with Crippen molar-refractivity contribution >= 4 is 17.3 Å². The van der Waals surface area contributed by atoms with E-state index >= 15 is 0 Å². The van der Waals surface area contributed by atoms with Crippen molar-refractivity contribution in [2.24, 2.45) is 5.92 Å². The number of benzene rings is 1. The van der Waals surface area contributed by atoms with E-state index in [9.17, 15) is 5.11 Å². The number of anilines is 1. The molecule has 1 heterocycles. The number of hydrogen-bond donors (Lipinski definition) is 2. The molecule has 2 N–H and O–H groups in total. The smallest absolute Gasteiger partial charge is 0.0557 e. The predicted octanol–water partition coefficient (Wildman–Crippen LogP) is 3.05. The molecule has 1 aromatic carbocycles. The van der Waals surface area contributed by atoms with Gasteiger partial charge >= 0.3 is 0 Å². The molecule has 0 saturated carbocycles. The number of nitrogens with zero attached hydrogens (tertiary/aromatic N) is 1. The van der Waals surface area contributed by atoms with Crippen molar-refractivity contribution in [2.45, 2.75) is 39.3 Å². The summed E-state index contributed by atoms with van der Waals surface area (Å²) in [5.41, 5.74) is 2.39. The Labute approximate surface area is 126 Å². The highest BCUT2D eigenvalue weighted by atomic mass is 35.5. The van der Waals surface area contributed by atoms with Gasteiger partial charge in [0.15, 0.2) is 0 Å². The molecule has 4 heteroatoms. The molecule has 20 heavy (non-hydrogen) atoms. The van der Waals surface area contributed by atoms with Gasteiger partial charge in [-0.05, 0) is 38.4 Å². The van der Waals surface area contributed by atoms with E-state index < -0.39 is 0 Å². The minimum atomic E-state index is -0.235. The minimum Gasteiger partial charge on any atom is -0.393 e. The number of hydrogen-bond acceptors (Lipinski definition) is 3. The molecule has 0 aliphatic carbocycles. The molecule has 3 nitrogen and oxygen atoms in total. The van der Waals surface area contributed by atoms with Gasteiger partial charge < -0.3 is 15.3 Å². The van der Waals surface area contributed by atoms with Crippen LogP contribution in [0.2, 0.25) is 5.02 Å². The average Bonchev–Trinajstić information content (AvgIpc) is 2.90. The average molecular weight is 297 g/mol. The Morgan fingerprint density at radius 1 is 1.50 bits per heavy atom. The van der Waals surface area contributed by atoms with Crippen molar-refractivity contribution in [3.8, 4) is 0 Å². The van der Waals surface area contributed by atoms with Crippen LogP contribution in [0, 0.1) is 5.92 Å². The van der Waals surface area contributed by atoms with Crippen LogP contribution in [0.4, 0.5) is 5.69 Å². The lowest BCUT2D eigenvalue weighted by molar-refractivity contribution is 0.136. The second-order valence-electron chi connectivity index (χ2n) is 5.65. The van der Waals surface area contributed by atoms with Crippen LogP contribution in [-0.2, 0) is 6.54 Å². The molecule has 0 radical (unpaired) electrons. The van der Waals surface area contributed by atoms with E-state index in [2.05, 4.69) is 23.2 Å². The Morgan fingerprint density at radius 2 is 2.30 bits per heavy atom. The first-order valence-corrected chi connectivity index (χ1v) is 7.92. The molecule has 0 spiro atoms. The van der Waals surface area contributed by atoms with Crippen LogP contribution >= 0.6 is 11.6 Å². The Bertz CT molecular complexity index is 436. The second kappa shape index (κ2) is 7.30. The van der Waals surface area contributed by atoms with Gasteiger partial charge in [-0.3, -0.25) is 0 Å². The summed E-state index contributed by atoms with van der Waals surface area (Å²) >= 11 is 6.37. The molecule has 1 aliphatic rings. The summed E-state index contributed by atoms with van der Waals surface area (Å²) in [6.07, 6.45) is 1.93. The van der Waals surface area contributed by atoms with Crippen LogP contribution in [-0.4, -0.2) is 30.8 Å². The summed E-state index contributed by atoms with van der Waals surface area (Å²) in [6.45, 7) is 7.76. The fourth-order valence-corrected chi connectivity index (χ4v) is 3.04. The third-order valence-corrected chi connectivity index (χ3v) is 4.42. The summed E-state index contributed by atoms with van der Waals surface area (Å²) in [7, 11) is 0. The topological polar surface area (TPSA) is 35.5 Å². The van der Waals surface area contributed by atoms with E-state index in [0.717, 1.165) is 44.0 Å². The summed E-state index contributed by atoms with van der Waals surface area (Å²) in [4.78, 5) is 2.35. The third-order valence-electron chi connectivity index (χ3n) is 4.07. The Morgan fingerprint density at radius 3 is 2.95 bits per heavy atom. The third kappa shape index (κ3) is 3.66. The van der Waals surface area contributed by atoms with Gasteiger partial charge in [-0.25, -0.2) is 0 Å². The zero-order valence-electron chi connectivity index (χ0n) is 12.4. The summed E-state index contributed by atoms with van der Waals surface area (Å²) in [5, 5.41) is 14.0. The van der Waals surface area contributed by atoms with E-state index in [1.54, 1.807) is 0 Å². The number of aliphatic hydroxyl groups excluding tert-OH is 1. The molecule has 1 saturated heterocycles. The summed E-state index contributed by atoms with van der Waals surface area (Å²) < 4.78 is 0. The molecule has 2 atom stereocenters. The monoisotopic (exact) mass is 296 g/mol. The maximum atomic E-state index is 9.75. The molecular weight excluding hydrogens is 272 g/mol. The molecule has 2 rings (SSSR count). The Kier molecular flexibility index (Phi) is 5.70. The lowest BCUT2D eigenvalue weighted by Crippen LogP contribution is -2.26. The van der Waals surface area contributed by atoms with Crippen LogP contribution in [0.25, 0.3) is 0 Å². The first-order valence-electron chi connectivity index (χ1n) is 7.54. The minimum absolute atomic E-state index is 0.235. The highest BCUT2D eigenvalue weighted by Gasteiger charge is 2.27. The lowest BCUT2D eigenvalue weighted by atomic mass is 10.0. The fraction of sp³-hybridized carbons (Fsp3) is 0.625. The molecule has 112 valence electrons. The molecule has 1 aromatic rings. The molecule has 1 aliphatic heterocycles. The van der Waals surface area contributed by atoms with Gasteiger partial charge in [-0.1, -0.05) is 24.6 Å². The van der Waals surface area contributed by atoms with Gasteiger partial charge in [0, 0.05) is 41.8 Å². The molecule has 0 aromatic heterocycles. The van der Waals surface area contributed by atoms with Crippen molar-refractivity contribution in [1.29, 1.82) is 0 Å². The maximum absolute atomic E-state index is 9.75. The quantitative estimate of drug-likeness (QED) is 0.792. The SMILES string of the molecule is CCCNCc1c(Cl)cccc1N1CCC(C(C)O)C1. The Hall–Kier alpha value is -0.770. The second-order valence-corrected chi connectivity index (χ2v) is 6.06. The molecule has 0 bridgehead atoms. The van der Waals surface area contributed by atoms with E-state index in [0.29, 0.717) is 5.92 Å². The summed E-state index contributed by atoms with van der Waals surface area (Å²) in [5.74, 6) is 0.366. The standard InChI is InChI=1S/C16H25ClN2O/c1-3-8-18-10-14-15(17)5-4-6-16(14)19-9-7-13(11-19)12(2)20/h4-6,12-13,18,20H,3,7-11H2,1-2H3. The first-order chi connectivity index (χ1) is 9.63. The molecule has 1 fully saturated rings. The zero-order valence-corrected chi connectivity index (χ0v) is 13.2. The molecular formula is C16H25ClN2O. The van der Waals surface area contributed by atoms with Gasteiger partial charge in [0.2, 0.25) is 0 Å². The van der Waals surface area contributed by atoms with Crippen molar-refractivity contribution in [2.75, 3.05) is 24.5 Å². The van der Waals surface area contributed by atoms with Crippen LogP contribution in [0.5, 0.6) is 0 Å². The van der Waals surface area contributed by atoms with Crippen LogP contribution in [0.3, 0.4) is 0 Å². The van der Waals surface area contributed by atoms with Gasteiger partial charge in [0.25, 0.3) is 0 Å². The number of aliphatic hydroxyl groups is 1. The maximum Gasteiger partial charge on any atom is 0.0557 e. The molecule has 0 amide bonds. The van der Waals surface area contributed by atoms with E-state index in [-0.39, 0.29) is 6.10 Å². The highest BCUT2D eigenvalue weighted by Crippen LogP contribution is 2.32. The van der Waals surface area contributed by atoms with E-state index in [4.69, 9.17) is 11.6 Å². The predicted molar refractivity (Wildman–Crippen MR) is 85.5 cm³/mol. The molecule has 2 unspecified atom stereocenters. The van der Waals surface area contributed by atoms with Gasteiger partial charge in [0.05, 0.1) is 6.10 Å². The normalized spacial score (nSPS) is 20.4. The fourth-order valence-electron chi connectivity index (χ4n) is 2.81. The van der Waals surface area contributed by atoms with Gasteiger partial charge in [-0.15, -0.1) is 0 Å². The van der Waals surface area contributed by atoms with E-state index in [1.807, 2.05) is 19.1 Å². The van der Waals surface area contributed by atoms with Crippen molar-refractivity contribution in [3.05, 3.63) is 28.8 Å². The van der Waals surface area contributed by atoms with Crippen molar-refractivity contribution in [3.63, 3.8) is 0 Å². The lowest BCUT2D eigenvalue weighted by Gasteiger charge is -2.23. The number of nitrogens with one attached hydrogen (secondary N) is 1. The summed E-state index contributed by atoms with van der Waals surface area (Å²) in [6, 6.07) is 6.10. The Balaban J connectivity index is 2.13. The van der Waals surface area contributed by atoms with Crippen molar-refractivity contribution < 1.29 is 5.11 Å². The first kappa shape index (κ1) is 15.6. The van der Waals surface area contributed by atoms with Crippen molar-refractivity contribution in [1.82, 2.24) is 5.32 Å². The highest BCUT2D eigenvalue weighted by molar-refractivity contribution is 6.31. The van der Waals surface area contributed by atoms with Crippen LogP contribution < -0.4 is 10.2 Å².